The molecule has 5 nitrogen and oxygen atoms in total. The van der Waals surface area contributed by atoms with E-state index in [-0.39, 0.29) is 11.9 Å². The number of fused-ring (bicyclic) bond motifs is 1. The van der Waals surface area contributed by atoms with Gasteiger partial charge in [0.25, 0.3) is 0 Å². The Bertz CT molecular complexity index is 1110. The van der Waals surface area contributed by atoms with Crippen LogP contribution in [0.2, 0.25) is 0 Å². The standard InChI is InChI=1S/C20H20FN3O2S2/c1-13-9-16-10-15(5-8-19(16)24(13)28(2,25)26)18-12-27-20(23-18)22-11-14-3-6-17(21)7-4-14/h3-8,10,12-13H,9,11H2,1-2H3,(H,22,23)/t13-/m1/s1. The number of anilines is 2. The molecule has 1 atom stereocenters. The van der Waals surface area contributed by atoms with E-state index in [1.54, 1.807) is 12.1 Å². The third-order valence-electron chi connectivity index (χ3n) is 4.75. The van der Waals surface area contributed by atoms with Crippen molar-refractivity contribution in [3.63, 3.8) is 0 Å². The van der Waals surface area contributed by atoms with Gasteiger partial charge >= 0.3 is 0 Å². The highest BCUT2D eigenvalue weighted by atomic mass is 32.2. The van der Waals surface area contributed by atoms with Crippen molar-refractivity contribution in [3.8, 4) is 11.3 Å². The fraction of sp³-hybridized carbons (Fsp3) is 0.250. The second kappa shape index (κ2) is 7.18. The van der Waals surface area contributed by atoms with E-state index in [9.17, 15) is 12.8 Å². The number of aromatic nitrogens is 1. The highest BCUT2D eigenvalue weighted by Gasteiger charge is 2.32. The van der Waals surface area contributed by atoms with Crippen LogP contribution in [0.15, 0.2) is 47.8 Å². The van der Waals surface area contributed by atoms with Gasteiger partial charge in [0.2, 0.25) is 10.0 Å². The summed E-state index contributed by atoms with van der Waals surface area (Å²) in [5.74, 6) is -0.249. The van der Waals surface area contributed by atoms with Gasteiger partial charge < -0.3 is 5.32 Å². The van der Waals surface area contributed by atoms with Gasteiger partial charge in [-0.25, -0.2) is 17.8 Å². The molecule has 0 spiro atoms. The van der Waals surface area contributed by atoms with E-state index in [4.69, 9.17) is 0 Å². The first kappa shape index (κ1) is 18.9. The van der Waals surface area contributed by atoms with Gasteiger partial charge in [0.1, 0.15) is 5.82 Å². The summed E-state index contributed by atoms with van der Waals surface area (Å²) in [6.45, 7) is 2.49. The summed E-state index contributed by atoms with van der Waals surface area (Å²) in [6.07, 6.45) is 1.93. The minimum absolute atomic E-state index is 0.0800. The number of benzene rings is 2. The molecule has 0 bridgehead atoms. The molecule has 0 saturated carbocycles. The Morgan fingerprint density at radius 3 is 2.71 bits per heavy atom. The Labute approximate surface area is 167 Å². The fourth-order valence-electron chi connectivity index (χ4n) is 3.53. The quantitative estimate of drug-likeness (QED) is 0.673. The van der Waals surface area contributed by atoms with Crippen LogP contribution < -0.4 is 9.62 Å². The zero-order valence-corrected chi connectivity index (χ0v) is 17.1. The maximum atomic E-state index is 13.0. The maximum Gasteiger partial charge on any atom is 0.232 e. The zero-order chi connectivity index (χ0) is 19.9. The SMILES string of the molecule is C[C@@H]1Cc2cc(-c3csc(NCc4ccc(F)cc4)n3)ccc2N1S(C)(=O)=O. The van der Waals surface area contributed by atoms with E-state index in [0.29, 0.717) is 13.0 Å². The minimum Gasteiger partial charge on any atom is -0.357 e. The molecule has 28 heavy (non-hydrogen) atoms. The second-order valence-corrected chi connectivity index (χ2v) is 9.69. The molecule has 0 saturated heterocycles. The molecule has 1 aliphatic heterocycles. The average molecular weight is 418 g/mol. The average Bonchev–Trinajstić information content (AvgIpc) is 3.23. The third-order valence-corrected chi connectivity index (χ3v) is 6.82. The summed E-state index contributed by atoms with van der Waals surface area (Å²) >= 11 is 1.50. The van der Waals surface area contributed by atoms with Crippen LogP contribution in [0, 0.1) is 5.82 Å². The maximum absolute atomic E-state index is 13.0. The highest BCUT2D eigenvalue weighted by Crippen LogP contribution is 2.37. The van der Waals surface area contributed by atoms with Crippen LogP contribution in [0.4, 0.5) is 15.2 Å². The smallest absolute Gasteiger partial charge is 0.232 e. The minimum atomic E-state index is -3.29. The van der Waals surface area contributed by atoms with Gasteiger partial charge in [0.05, 0.1) is 17.6 Å². The predicted octanol–water partition coefficient (Wildman–Crippen LogP) is 4.27. The number of sulfonamides is 1. The van der Waals surface area contributed by atoms with E-state index in [0.717, 1.165) is 33.2 Å². The van der Waals surface area contributed by atoms with Crippen LogP contribution in [0.5, 0.6) is 0 Å². The van der Waals surface area contributed by atoms with Gasteiger partial charge in [0, 0.05) is 23.5 Å². The summed E-state index contributed by atoms with van der Waals surface area (Å²) in [5.41, 5.74) is 4.56. The summed E-state index contributed by atoms with van der Waals surface area (Å²) in [7, 11) is -3.29. The van der Waals surface area contributed by atoms with Crippen molar-refractivity contribution in [1.29, 1.82) is 0 Å². The van der Waals surface area contributed by atoms with Gasteiger partial charge in [-0.2, -0.15) is 0 Å². The van der Waals surface area contributed by atoms with E-state index < -0.39 is 10.0 Å². The molecule has 1 aliphatic rings. The lowest BCUT2D eigenvalue weighted by Gasteiger charge is -2.21. The van der Waals surface area contributed by atoms with Gasteiger partial charge in [-0.15, -0.1) is 11.3 Å². The van der Waals surface area contributed by atoms with Crippen molar-refractivity contribution < 1.29 is 12.8 Å². The van der Waals surface area contributed by atoms with Crippen LogP contribution in [0.25, 0.3) is 11.3 Å². The lowest BCUT2D eigenvalue weighted by Crippen LogP contribution is -2.34. The van der Waals surface area contributed by atoms with Crippen molar-refractivity contribution >= 4 is 32.2 Å². The molecule has 3 aromatic rings. The molecule has 0 unspecified atom stereocenters. The van der Waals surface area contributed by atoms with Gasteiger partial charge in [-0.05, 0) is 48.7 Å². The Kier molecular flexibility index (Phi) is 4.84. The zero-order valence-electron chi connectivity index (χ0n) is 15.5. The van der Waals surface area contributed by atoms with E-state index in [2.05, 4.69) is 10.3 Å². The first-order chi connectivity index (χ1) is 13.3. The summed E-state index contributed by atoms with van der Waals surface area (Å²) < 4.78 is 38.6. The Balaban J connectivity index is 1.52. The van der Waals surface area contributed by atoms with Crippen LogP contribution in [0.3, 0.4) is 0 Å². The number of hydrogen-bond acceptors (Lipinski definition) is 5. The van der Waals surface area contributed by atoms with Crippen molar-refractivity contribution in [2.45, 2.75) is 25.9 Å². The van der Waals surface area contributed by atoms with Gasteiger partial charge in [-0.1, -0.05) is 18.2 Å². The summed E-state index contributed by atoms with van der Waals surface area (Å²) in [4.78, 5) is 4.63. The molecule has 0 radical (unpaired) electrons. The summed E-state index contributed by atoms with van der Waals surface area (Å²) in [5, 5.41) is 6.01. The molecule has 0 amide bonds. The van der Waals surface area contributed by atoms with Crippen LogP contribution in [0.1, 0.15) is 18.1 Å². The molecular weight excluding hydrogens is 397 g/mol. The van der Waals surface area contributed by atoms with E-state index >= 15 is 0 Å². The van der Waals surface area contributed by atoms with Crippen LogP contribution >= 0.6 is 11.3 Å². The number of hydrogen-bond donors (Lipinski definition) is 1. The lowest BCUT2D eigenvalue weighted by atomic mass is 10.1. The molecule has 8 heteroatoms. The third kappa shape index (κ3) is 3.74. The first-order valence-electron chi connectivity index (χ1n) is 8.88. The normalized spacial score (nSPS) is 16.2. The van der Waals surface area contributed by atoms with E-state index in [1.807, 2.05) is 30.5 Å². The Morgan fingerprint density at radius 2 is 2.00 bits per heavy atom. The van der Waals surface area contributed by atoms with Crippen molar-refractivity contribution in [2.24, 2.45) is 0 Å². The van der Waals surface area contributed by atoms with E-state index in [1.165, 1.54) is 34.0 Å². The van der Waals surface area contributed by atoms with Crippen LogP contribution in [-0.4, -0.2) is 25.7 Å². The highest BCUT2D eigenvalue weighted by molar-refractivity contribution is 7.92. The van der Waals surface area contributed by atoms with Gasteiger partial charge in [0.15, 0.2) is 5.13 Å². The molecule has 2 aromatic carbocycles. The number of rotatable bonds is 5. The number of nitrogens with one attached hydrogen (secondary N) is 1. The van der Waals surface area contributed by atoms with Crippen LogP contribution in [-0.2, 0) is 23.0 Å². The van der Waals surface area contributed by atoms with Crippen molar-refractivity contribution in [2.75, 3.05) is 15.9 Å². The Morgan fingerprint density at radius 1 is 1.25 bits per heavy atom. The number of thiazole rings is 1. The fourth-order valence-corrected chi connectivity index (χ4v) is 5.52. The Hall–Kier alpha value is -2.45. The molecule has 1 aromatic heterocycles. The largest absolute Gasteiger partial charge is 0.357 e. The molecular formula is C20H20FN3O2S2. The van der Waals surface area contributed by atoms with Crippen molar-refractivity contribution in [1.82, 2.24) is 4.98 Å². The summed E-state index contributed by atoms with van der Waals surface area (Å²) in [6, 6.07) is 12.1. The molecule has 2 heterocycles. The monoisotopic (exact) mass is 417 g/mol. The molecule has 0 fully saturated rings. The number of nitrogens with zero attached hydrogens (tertiary/aromatic N) is 2. The second-order valence-electron chi connectivity index (χ2n) is 6.97. The topological polar surface area (TPSA) is 62.3 Å². The lowest BCUT2D eigenvalue weighted by molar-refractivity contribution is 0.590. The van der Waals surface area contributed by atoms with Gasteiger partial charge in [-0.3, -0.25) is 4.31 Å². The molecule has 0 aliphatic carbocycles. The molecule has 1 N–H and O–H groups in total. The van der Waals surface area contributed by atoms with Crippen molar-refractivity contribution in [3.05, 3.63) is 64.8 Å². The molecule has 4 rings (SSSR count). The predicted molar refractivity (Wildman–Crippen MR) is 112 cm³/mol. The molecule has 146 valence electrons. The first-order valence-corrected chi connectivity index (χ1v) is 11.6. The number of halogens is 1.